The highest BCUT2D eigenvalue weighted by atomic mass is 79.9. The van der Waals surface area contributed by atoms with Gasteiger partial charge in [-0.3, -0.25) is 4.21 Å². The van der Waals surface area contributed by atoms with Crippen LogP contribution in [0.1, 0.15) is 5.69 Å². The summed E-state index contributed by atoms with van der Waals surface area (Å²) in [6.07, 6.45) is 1.62. The van der Waals surface area contributed by atoms with Crippen LogP contribution in [-0.2, 0) is 16.6 Å². The van der Waals surface area contributed by atoms with Gasteiger partial charge in [0.1, 0.15) is 5.03 Å². The summed E-state index contributed by atoms with van der Waals surface area (Å²) in [6.45, 7) is 0. The number of pyridine rings is 2. The molecule has 4 nitrogen and oxygen atoms in total. The Morgan fingerprint density at radius 3 is 2.89 bits per heavy atom. The molecule has 0 aliphatic rings. The minimum absolute atomic E-state index is 0.312. The fourth-order valence-corrected chi connectivity index (χ4v) is 3.22. The van der Waals surface area contributed by atoms with Gasteiger partial charge in [-0.15, -0.1) is 0 Å². The van der Waals surface area contributed by atoms with E-state index in [-0.39, 0.29) is 0 Å². The SMILES string of the molecule is COc1cccc(C[S@](=O)c2ncccc2Br)n1. The molecule has 2 rings (SSSR count). The second-order valence-corrected chi connectivity index (χ2v) is 5.67. The van der Waals surface area contributed by atoms with E-state index in [2.05, 4.69) is 25.9 Å². The van der Waals surface area contributed by atoms with Gasteiger partial charge in [-0.05, 0) is 34.1 Å². The van der Waals surface area contributed by atoms with Gasteiger partial charge in [0.15, 0.2) is 0 Å². The molecule has 0 saturated heterocycles. The van der Waals surface area contributed by atoms with Gasteiger partial charge in [-0.2, -0.15) is 0 Å². The minimum Gasteiger partial charge on any atom is -0.481 e. The number of halogens is 1. The molecule has 0 radical (unpaired) electrons. The lowest BCUT2D eigenvalue weighted by molar-refractivity contribution is 0.397. The van der Waals surface area contributed by atoms with E-state index in [1.807, 2.05) is 18.2 Å². The maximum Gasteiger partial charge on any atom is 0.213 e. The number of methoxy groups -OCH3 is 1. The van der Waals surface area contributed by atoms with Crippen LogP contribution in [0.3, 0.4) is 0 Å². The Morgan fingerprint density at radius 2 is 2.17 bits per heavy atom. The second kappa shape index (κ2) is 6.06. The van der Waals surface area contributed by atoms with Crippen LogP contribution in [0.2, 0.25) is 0 Å². The Bertz CT molecular complexity index is 578. The van der Waals surface area contributed by atoms with E-state index >= 15 is 0 Å². The highest BCUT2D eigenvalue weighted by Gasteiger charge is 2.11. The van der Waals surface area contributed by atoms with E-state index in [1.54, 1.807) is 25.4 Å². The Hall–Kier alpha value is -1.27. The fraction of sp³-hybridized carbons (Fsp3) is 0.167. The summed E-state index contributed by atoms with van der Waals surface area (Å²) < 4.78 is 17.9. The average Bonchev–Trinajstić information content (AvgIpc) is 2.39. The molecule has 2 heterocycles. The predicted molar refractivity (Wildman–Crippen MR) is 72.8 cm³/mol. The monoisotopic (exact) mass is 326 g/mol. The third kappa shape index (κ3) is 3.14. The molecule has 0 aromatic carbocycles. The van der Waals surface area contributed by atoms with Crippen LogP contribution in [0.15, 0.2) is 46.0 Å². The summed E-state index contributed by atoms with van der Waals surface area (Å²) in [4.78, 5) is 8.34. The summed E-state index contributed by atoms with van der Waals surface area (Å²) in [7, 11) is 0.322. The number of hydrogen-bond acceptors (Lipinski definition) is 4. The Balaban J connectivity index is 2.19. The van der Waals surface area contributed by atoms with E-state index < -0.39 is 10.8 Å². The van der Waals surface area contributed by atoms with Gasteiger partial charge in [-0.25, -0.2) is 9.97 Å². The first kappa shape index (κ1) is 13.2. The topological polar surface area (TPSA) is 52.1 Å². The lowest BCUT2D eigenvalue weighted by Crippen LogP contribution is -2.02. The zero-order valence-electron chi connectivity index (χ0n) is 9.67. The third-order valence-corrected chi connectivity index (χ3v) is 4.43. The Labute approximate surface area is 116 Å². The molecule has 0 saturated carbocycles. The van der Waals surface area contributed by atoms with Gasteiger partial charge >= 0.3 is 0 Å². The smallest absolute Gasteiger partial charge is 0.213 e. The molecule has 0 aliphatic heterocycles. The Morgan fingerprint density at radius 1 is 1.33 bits per heavy atom. The third-order valence-electron chi connectivity index (χ3n) is 2.21. The van der Waals surface area contributed by atoms with Crippen LogP contribution in [0.25, 0.3) is 0 Å². The normalized spacial score (nSPS) is 12.1. The van der Waals surface area contributed by atoms with Crippen molar-refractivity contribution in [1.29, 1.82) is 0 Å². The minimum atomic E-state index is -1.23. The first-order valence-corrected chi connectivity index (χ1v) is 7.30. The van der Waals surface area contributed by atoms with E-state index in [0.29, 0.717) is 22.4 Å². The van der Waals surface area contributed by atoms with Crippen molar-refractivity contribution in [3.05, 3.63) is 46.7 Å². The van der Waals surface area contributed by atoms with Gasteiger partial charge in [0, 0.05) is 12.3 Å². The molecule has 0 N–H and O–H groups in total. The van der Waals surface area contributed by atoms with Crippen molar-refractivity contribution in [2.24, 2.45) is 0 Å². The molecular formula is C12H11BrN2O2S. The standard InChI is InChI=1S/C12H11BrN2O2S/c1-17-11-6-2-4-9(15-11)8-18(16)12-10(13)5-3-7-14-12/h2-7H,8H2,1H3/t18-/m0/s1. The molecule has 0 fully saturated rings. The molecule has 0 unspecified atom stereocenters. The van der Waals surface area contributed by atoms with Gasteiger partial charge in [0.05, 0.1) is 33.8 Å². The summed E-state index contributed by atoms with van der Waals surface area (Å²) >= 11 is 3.34. The van der Waals surface area contributed by atoms with Gasteiger partial charge < -0.3 is 4.74 Å². The second-order valence-electron chi connectivity index (χ2n) is 3.45. The van der Waals surface area contributed by atoms with Crippen LogP contribution in [0.5, 0.6) is 5.88 Å². The molecular weight excluding hydrogens is 316 g/mol. The van der Waals surface area contributed by atoms with Crippen LogP contribution in [0.4, 0.5) is 0 Å². The molecule has 18 heavy (non-hydrogen) atoms. The van der Waals surface area contributed by atoms with Crippen molar-refractivity contribution in [2.45, 2.75) is 10.8 Å². The molecule has 0 aliphatic carbocycles. The van der Waals surface area contributed by atoms with Crippen LogP contribution >= 0.6 is 15.9 Å². The van der Waals surface area contributed by atoms with Gasteiger partial charge in [0.25, 0.3) is 0 Å². The molecule has 0 amide bonds. The summed E-state index contributed by atoms with van der Waals surface area (Å²) in [6, 6.07) is 9.00. The van der Waals surface area contributed by atoms with E-state index in [9.17, 15) is 4.21 Å². The van der Waals surface area contributed by atoms with Crippen molar-refractivity contribution in [2.75, 3.05) is 7.11 Å². The highest BCUT2D eigenvalue weighted by Crippen LogP contribution is 2.19. The quantitative estimate of drug-likeness (QED) is 0.866. The van der Waals surface area contributed by atoms with Crippen molar-refractivity contribution >= 4 is 26.7 Å². The molecule has 2 aromatic heterocycles. The molecule has 94 valence electrons. The molecule has 0 spiro atoms. The van der Waals surface area contributed by atoms with Crippen LogP contribution in [-0.4, -0.2) is 21.3 Å². The van der Waals surface area contributed by atoms with Crippen LogP contribution < -0.4 is 4.74 Å². The zero-order valence-corrected chi connectivity index (χ0v) is 12.1. The van der Waals surface area contributed by atoms with E-state index in [0.717, 1.165) is 4.47 Å². The molecule has 2 aromatic rings. The van der Waals surface area contributed by atoms with Crippen molar-refractivity contribution in [1.82, 2.24) is 9.97 Å². The molecule has 6 heteroatoms. The zero-order chi connectivity index (χ0) is 13.0. The fourth-order valence-electron chi connectivity index (χ4n) is 1.39. The summed E-state index contributed by atoms with van der Waals surface area (Å²) in [5.74, 6) is 0.830. The number of ether oxygens (including phenoxy) is 1. The first-order chi connectivity index (χ1) is 8.70. The number of nitrogens with zero attached hydrogens (tertiary/aromatic N) is 2. The van der Waals surface area contributed by atoms with Gasteiger partial charge in [0.2, 0.25) is 5.88 Å². The molecule has 0 bridgehead atoms. The van der Waals surface area contributed by atoms with Crippen molar-refractivity contribution < 1.29 is 8.95 Å². The number of hydrogen-bond donors (Lipinski definition) is 0. The highest BCUT2D eigenvalue weighted by molar-refractivity contribution is 9.10. The summed E-state index contributed by atoms with van der Waals surface area (Å²) in [5.41, 5.74) is 0.713. The van der Waals surface area contributed by atoms with E-state index in [4.69, 9.17) is 4.74 Å². The number of rotatable bonds is 4. The lowest BCUT2D eigenvalue weighted by Gasteiger charge is -2.04. The number of aromatic nitrogens is 2. The van der Waals surface area contributed by atoms with E-state index in [1.165, 1.54) is 0 Å². The lowest BCUT2D eigenvalue weighted by atomic mass is 10.4. The largest absolute Gasteiger partial charge is 0.481 e. The van der Waals surface area contributed by atoms with Crippen LogP contribution in [0, 0.1) is 0 Å². The molecule has 1 atom stereocenters. The maximum absolute atomic E-state index is 12.2. The summed E-state index contributed by atoms with van der Waals surface area (Å²) in [5, 5.41) is 0.530. The Kier molecular flexibility index (Phi) is 4.43. The predicted octanol–water partition coefficient (Wildman–Crippen LogP) is 2.56. The first-order valence-electron chi connectivity index (χ1n) is 5.19. The average molecular weight is 327 g/mol. The maximum atomic E-state index is 12.2. The van der Waals surface area contributed by atoms with Crippen molar-refractivity contribution in [3.8, 4) is 5.88 Å². The van der Waals surface area contributed by atoms with Crippen molar-refractivity contribution in [3.63, 3.8) is 0 Å². The van der Waals surface area contributed by atoms with Gasteiger partial charge in [-0.1, -0.05) is 6.07 Å².